The monoisotopic (exact) mass is 346 g/mol. The lowest BCUT2D eigenvalue weighted by atomic mass is 10.4. The first-order chi connectivity index (χ1) is 5.68. The Kier molecular flexibility index (Phi) is 7.79. The Morgan fingerprint density at radius 1 is 1.23 bits per heavy atom. The van der Waals surface area contributed by atoms with Crippen LogP contribution < -0.4 is 24.0 Å². The van der Waals surface area contributed by atoms with Gasteiger partial charge in [0, 0.05) is 9.92 Å². The molecule has 13 heavy (non-hydrogen) atoms. The van der Waals surface area contributed by atoms with Crippen LogP contribution in [-0.4, -0.2) is 17.6 Å². The van der Waals surface area contributed by atoms with E-state index in [0.29, 0.717) is 10.9 Å². The predicted molar refractivity (Wildman–Crippen MR) is 61.4 cm³/mol. The van der Waals surface area contributed by atoms with Gasteiger partial charge < -0.3 is 24.0 Å². The second-order valence-electron chi connectivity index (χ2n) is 2.70. The van der Waals surface area contributed by atoms with E-state index in [2.05, 4.69) is 24.6 Å². The third kappa shape index (κ3) is 6.10. The molecular weight excluding hydrogens is 335 g/mol. The number of hydrogen-bond acceptors (Lipinski definition) is 1. The van der Waals surface area contributed by atoms with Crippen molar-refractivity contribution in [3.05, 3.63) is 29.3 Å². The van der Waals surface area contributed by atoms with Gasteiger partial charge in [-0.25, -0.2) is 0 Å². The highest BCUT2D eigenvalue weighted by Crippen LogP contribution is 2.21. The average molecular weight is 347 g/mol. The number of hydrogen-bond donors (Lipinski definition) is 0. The lowest BCUT2D eigenvalue weighted by molar-refractivity contribution is -0.00000246. The van der Waals surface area contributed by atoms with Crippen molar-refractivity contribution in [2.45, 2.75) is 4.90 Å². The van der Waals surface area contributed by atoms with Crippen molar-refractivity contribution >= 4 is 34.3 Å². The molecule has 0 saturated heterocycles. The predicted octanol–water partition coefficient (Wildman–Crippen LogP) is 0.271. The van der Waals surface area contributed by atoms with Crippen molar-refractivity contribution in [3.8, 4) is 0 Å². The molecule has 0 N–H and O–H groups in total. The van der Waals surface area contributed by atoms with Crippen molar-refractivity contribution in [1.29, 1.82) is 0 Å². The summed E-state index contributed by atoms with van der Waals surface area (Å²) in [6.07, 6.45) is 4.51. The molecule has 0 aliphatic carbocycles. The fourth-order valence-corrected chi connectivity index (χ4v) is 2.66. The van der Waals surface area contributed by atoms with E-state index in [1.54, 1.807) is 0 Å². The maximum atomic E-state index is 5.77. The van der Waals surface area contributed by atoms with Crippen LogP contribution in [0.25, 0.3) is 0 Å². The molecule has 4 heteroatoms. The normalized spacial score (nSPS) is 9.85. The maximum Gasteiger partial charge on any atom is 0.157 e. The highest BCUT2D eigenvalue weighted by molar-refractivity contribution is 8.14. The Labute approximate surface area is 109 Å². The van der Waals surface area contributed by atoms with E-state index in [-0.39, 0.29) is 24.0 Å². The fourth-order valence-electron chi connectivity index (χ4n) is 0.717. The molecule has 74 valence electrons. The van der Waals surface area contributed by atoms with Crippen LogP contribution in [0.2, 0.25) is 5.02 Å². The molecule has 1 aromatic carbocycles. The van der Waals surface area contributed by atoms with Crippen molar-refractivity contribution in [3.63, 3.8) is 0 Å². The zero-order valence-electron chi connectivity index (χ0n) is 7.59. The van der Waals surface area contributed by atoms with E-state index in [4.69, 9.17) is 11.6 Å². The molecule has 0 bridgehead atoms. The van der Waals surface area contributed by atoms with Gasteiger partial charge in [0.05, 0.1) is 12.5 Å². The van der Waals surface area contributed by atoms with Gasteiger partial charge in [0.15, 0.2) is 5.08 Å². The Hall–Kier alpha value is 0.940. The van der Waals surface area contributed by atoms with Crippen LogP contribution in [0.15, 0.2) is 29.2 Å². The molecule has 0 fully saturated rings. The molecule has 0 unspecified atom stereocenters. The zero-order valence-corrected chi connectivity index (χ0v) is 12.1. The summed E-state index contributed by atoms with van der Waals surface area (Å²) >= 11 is 7.66. The highest BCUT2D eigenvalue weighted by atomic mass is 127. The standard InChI is InChI=1S/C9H12ClS2.HI/c1-12(2)7-11-9-5-3-8(10)4-6-9;/h3-6H,7H2,1-2H3;1H/q+1;/p-1. The molecular formula is C9H12ClIS2. The lowest BCUT2D eigenvalue weighted by Gasteiger charge is -1.98. The molecule has 0 aliphatic heterocycles. The van der Waals surface area contributed by atoms with Gasteiger partial charge >= 0.3 is 0 Å². The van der Waals surface area contributed by atoms with E-state index < -0.39 is 0 Å². The van der Waals surface area contributed by atoms with Crippen LogP contribution in [-0.2, 0) is 10.9 Å². The van der Waals surface area contributed by atoms with Crippen molar-refractivity contribution in [1.82, 2.24) is 0 Å². The summed E-state index contributed by atoms with van der Waals surface area (Å²) in [5.74, 6) is 0. The molecule has 0 atom stereocenters. The average Bonchev–Trinajstić information content (AvgIpc) is 2.03. The van der Waals surface area contributed by atoms with Crippen LogP contribution in [0.1, 0.15) is 0 Å². The largest absolute Gasteiger partial charge is 1.00 e. The minimum atomic E-state index is 0. The molecule has 0 nitrogen and oxygen atoms in total. The number of halogens is 2. The second-order valence-corrected chi connectivity index (χ2v) is 6.81. The highest BCUT2D eigenvalue weighted by Gasteiger charge is 2.02. The van der Waals surface area contributed by atoms with Gasteiger partial charge in [-0.2, -0.15) is 0 Å². The molecule has 0 heterocycles. The molecule has 0 saturated carbocycles. The third-order valence-corrected chi connectivity index (χ3v) is 4.49. The lowest BCUT2D eigenvalue weighted by Crippen LogP contribution is -3.00. The summed E-state index contributed by atoms with van der Waals surface area (Å²) in [5.41, 5.74) is 0. The Morgan fingerprint density at radius 2 is 1.77 bits per heavy atom. The summed E-state index contributed by atoms with van der Waals surface area (Å²) in [5, 5.41) is 2.01. The van der Waals surface area contributed by atoms with Gasteiger partial charge in [-0.15, -0.1) is 0 Å². The van der Waals surface area contributed by atoms with Gasteiger partial charge in [0.1, 0.15) is 0 Å². The van der Waals surface area contributed by atoms with E-state index >= 15 is 0 Å². The summed E-state index contributed by atoms with van der Waals surface area (Å²) in [4.78, 5) is 1.31. The van der Waals surface area contributed by atoms with Crippen LogP contribution in [0.3, 0.4) is 0 Å². The molecule has 1 rings (SSSR count). The molecule has 0 spiro atoms. The number of rotatable bonds is 3. The maximum absolute atomic E-state index is 5.77. The van der Waals surface area contributed by atoms with Crippen LogP contribution in [0, 0.1) is 0 Å². The fraction of sp³-hybridized carbons (Fsp3) is 0.333. The van der Waals surface area contributed by atoms with Crippen LogP contribution in [0.5, 0.6) is 0 Å². The Morgan fingerprint density at radius 3 is 2.23 bits per heavy atom. The summed E-state index contributed by atoms with van der Waals surface area (Å²) in [7, 11) is 0.509. The molecule has 1 aromatic rings. The number of benzene rings is 1. The van der Waals surface area contributed by atoms with Gasteiger partial charge in [-0.3, -0.25) is 0 Å². The van der Waals surface area contributed by atoms with E-state index in [0.717, 1.165) is 5.02 Å². The smallest absolute Gasteiger partial charge is 0.157 e. The molecule has 0 aliphatic rings. The SMILES string of the molecule is C[S+](C)CSc1ccc(Cl)cc1.[I-]. The quantitative estimate of drug-likeness (QED) is 0.430. The topological polar surface area (TPSA) is 0 Å². The van der Waals surface area contributed by atoms with Gasteiger partial charge in [-0.05, 0) is 35.2 Å². The van der Waals surface area contributed by atoms with Crippen molar-refractivity contribution < 1.29 is 24.0 Å². The first-order valence-electron chi connectivity index (χ1n) is 3.61. The van der Waals surface area contributed by atoms with E-state index in [1.807, 2.05) is 23.9 Å². The number of thioether (sulfide) groups is 1. The Bertz CT molecular complexity index is 236. The first kappa shape index (κ1) is 13.9. The molecule has 0 radical (unpaired) electrons. The van der Waals surface area contributed by atoms with E-state index in [9.17, 15) is 0 Å². The summed E-state index contributed by atoms with van der Waals surface area (Å²) in [6, 6.07) is 8.01. The van der Waals surface area contributed by atoms with Crippen LogP contribution >= 0.6 is 23.4 Å². The van der Waals surface area contributed by atoms with Gasteiger partial charge in [0.25, 0.3) is 0 Å². The van der Waals surface area contributed by atoms with Gasteiger partial charge in [0.2, 0.25) is 0 Å². The third-order valence-electron chi connectivity index (χ3n) is 1.27. The summed E-state index contributed by atoms with van der Waals surface area (Å²) in [6.45, 7) is 0. The first-order valence-corrected chi connectivity index (χ1v) is 7.18. The molecule has 0 aromatic heterocycles. The second kappa shape index (κ2) is 7.26. The zero-order chi connectivity index (χ0) is 8.97. The summed E-state index contributed by atoms with van der Waals surface area (Å²) < 4.78 is 0. The minimum Gasteiger partial charge on any atom is -1.00 e. The minimum absolute atomic E-state index is 0. The van der Waals surface area contributed by atoms with Gasteiger partial charge in [-0.1, -0.05) is 23.4 Å². The van der Waals surface area contributed by atoms with Crippen molar-refractivity contribution in [2.75, 3.05) is 17.6 Å². The van der Waals surface area contributed by atoms with Crippen LogP contribution in [0.4, 0.5) is 0 Å². The van der Waals surface area contributed by atoms with E-state index in [1.165, 1.54) is 9.98 Å². The molecule has 0 amide bonds. The Balaban J connectivity index is 0.00000144. The van der Waals surface area contributed by atoms with Crippen molar-refractivity contribution in [2.24, 2.45) is 0 Å².